The average molecular weight is 446 g/mol. The second kappa shape index (κ2) is 8.09. The largest absolute Gasteiger partial charge is 0.493 e. The summed E-state index contributed by atoms with van der Waals surface area (Å²) >= 11 is 0. The van der Waals surface area contributed by atoms with E-state index >= 15 is 0 Å². The van der Waals surface area contributed by atoms with Crippen LogP contribution < -0.4 is 14.8 Å². The highest BCUT2D eigenvalue weighted by atomic mass is 16.5. The summed E-state index contributed by atoms with van der Waals surface area (Å²) in [5.74, 6) is 0.777. The highest BCUT2D eigenvalue weighted by molar-refractivity contribution is 6.00. The molecule has 0 unspecified atom stereocenters. The third-order valence-corrected chi connectivity index (χ3v) is 6.21. The first-order valence-electron chi connectivity index (χ1n) is 10.5. The number of methoxy groups -OCH3 is 2. The fourth-order valence-electron chi connectivity index (χ4n) is 4.61. The smallest absolute Gasteiger partial charge is 0.335 e. The number of carbonyl (C=O) groups excluding carboxylic acids is 1. The number of carbonyl (C=O) groups is 2. The van der Waals surface area contributed by atoms with Crippen molar-refractivity contribution in [1.82, 2.24) is 14.8 Å². The van der Waals surface area contributed by atoms with Gasteiger partial charge in [-0.3, -0.25) is 4.79 Å². The minimum Gasteiger partial charge on any atom is -0.493 e. The third kappa shape index (κ3) is 3.51. The second-order valence-corrected chi connectivity index (χ2v) is 8.02. The molecule has 1 aliphatic heterocycles. The number of nitrogens with one attached hydrogen (secondary N) is 1. The van der Waals surface area contributed by atoms with Crippen LogP contribution in [0.5, 0.6) is 11.5 Å². The number of aromatic carboxylic acids is 1. The van der Waals surface area contributed by atoms with E-state index in [0.29, 0.717) is 35.9 Å². The van der Waals surface area contributed by atoms with Crippen LogP contribution in [0.4, 0.5) is 5.95 Å². The molecule has 2 aromatic carbocycles. The van der Waals surface area contributed by atoms with Crippen molar-refractivity contribution in [2.45, 2.75) is 24.8 Å². The minimum absolute atomic E-state index is 0.0111. The highest BCUT2D eigenvalue weighted by Gasteiger charge is 2.39. The Kier molecular flexibility index (Phi) is 5.08. The van der Waals surface area contributed by atoms with Crippen LogP contribution in [0.2, 0.25) is 0 Å². The van der Waals surface area contributed by atoms with Gasteiger partial charge in [0.2, 0.25) is 5.95 Å². The van der Waals surface area contributed by atoms with Crippen molar-refractivity contribution in [3.05, 3.63) is 76.8 Å². The predicted molar refractivity (Wildman–Crippen MR) is 119 cm³/mol. The number of ketones is 1. The van der Waals surface area contributed by atoms with Crippen LogP contribution in [-0.4, -0.2) is 45.8 Å². The van der Waals surface area contributed by atoms with E-state index in [1.807, 2.05) is 18.2 Å². The van der Waals surface area contributed by atoms with Crippen molar-refractivity contribution in [2.75, 3.05) is 19.5 Å². The van der Waals surface area contributed by atoms with E-state index in [4.69, 9.17) is 9.47 Å². The van der Waals surface area contributed by atoms with E-state index in [1.54, 1.807) is 31.0 Å². The van der Waals surface area contributed by atoms with Gasteiger partial charge in [-0.05, 0) is 47.7 Å². The number of benzene rings is 2. The molecule has 3 aromatic rings. The molecule has 0 radical (unpaired) electrons. The Balaban J connectivity index is 1.54. The monoisotopic (exact) mass is 446 g/mol. The van der Waals surface area contributed by atoms with Crippen LogP contribution in [0.15, 0.2) is 60.1 Å². The SMILES string of the molecule is COc1ccc([C@@H]2CC(=O)C3=C(C2)Nc2ncnn2[C@H]3c2ccc(C(=O)O)cc2)cc1OC. The molecule has 2 aliphatic rings. The van der Waals surface area contributed by atoms with Crippen molar-refractivity contribution in [3.63, 3.8) is 0 Å². The van der Waals surface area contributed by atoms with Gasteiger partial charge in [-0.25, -0.2) is 9.48 Å². The first kappa shape index (κ1) is 20.7. The Morgan fingerprint density at radius 1 is 1.06 bits per heavy atom. The molecule has 0 saturated heterocycles. The Bertz CT molecular complexity index is 1280. The maximum atomic E-state index is 13.5. The summed E-state index contributed by atoms with van der Waals surface area (Å²) < 4.78 is 12.4. The fourth-order valence-corrected chi connectivity index (χ4v) is 4.61. The molecule has 9 nitrogen and oxygen atoms in total. The molecular formula is C24H22N4O5. The van der Waals surface area contributed by atoms with Crippen LogP contribution >= 0.6 is 0 Å². The number of hydrogen-bond donors (Lipinski definition) is 2. The molecule has 2 atom stereocenters. The van der Waals surface area contributed by atoms with Crippen LogP contribution in [0, 0.1) is 0 Å². The first-order valence-corrected chi connectivity index (χ1v) is 10.5. The van der Waals surface area contributed by atoms with Crippen molar-refractivity contribution in [2.24, 2.45) is 0 Å². The summed E-state index contributed by atoms with van der Waals surface area (Å²) in [7, 11) is 3.17. The number of nitrogens with zero attached hydrogens (tertiary/aromatic N) is 3. The van der Waals surface area contributed by atoms with Crippen molar-refractivity contribution >= 4 is 17.7 Å². The molecule has 5 rings (SSSR count). The number of fused-ring (bicyclic) bond motifs is 1. The van der Waals surface area contributed by atoms with Gasteiger partial charge < -0.3 is 19.9 Å². The molecule has 0 bridgehead atoms. The molecule has 168 valence electrons. The molecule has 33 heavy (non-hydrogen) atoms. The third-order valence-electron chi connectivity index (χ3n) is 6.21. The number of carboxylic acid groups (broad SMARTS) is 1. The van der Waals surface area contributed by atoms with E-state index in [-0.39, 0.29) is 17.3 Å². The molecule has 9 heteroatoms. The molecule has 0 fully saturated rings. The quantitative estimate of drug-likeness (QED) is 0.613. The number of Topliss-reactive ketones (excluding diaryl/α,β-unsaturated/α-hetero) is 1. The normalized spacial score (nSPS) is 19.4. The van der Waals surface area contributed by atoms with Crippen LogP contribution in [-0.2, 0) is 4.79 Å². The summed E-state index contributed by atoms with van der Waals surface area (Å²) in [4.78, 5) is 29.0. The van der Waals surface area contributed by atoms with Gasteiger partial charge in [0.15, 0.2) is 17.3 Å². The van der Waals surface area contributed by atoms with Gasteiger partial charge >= 0.3 is 5.97 Å². The number of rotatable bonds is 5. The van der Waals surface area contributed by atoms with E-state index < -0.39 is 12.0 Å². The van der Waals surface area contributed by atoms with E-state index in [9.17, 15) is 14.7 Å². The zero-order valence-electron chi connectivity index (χ0n) is 18.1. The molecular weight excluding hydrogens is 424 g/mol. The van der Waals surface area contributed by atoms with E-state index in [0.717, 1.165) is 16.8 Å². The lowest BCUT2D eigenvalue weighted by Gasteiger charge is -2.35. The van der Waals surface area contributed by atoms with Gasteiger partial charge in [0, 0.05) is 17.7 Å². The lowest BCUT2D eigenvalue weighted by Crippen LogP contribution is -2.33. The van der Waals surface area contributed by atoms with Gasteiger partial charge in [-0.1, -0.05) is 18.2 Å². The molecule has 0 spiro atoms. The number of ether oxygens (including phenoxy) is 2. The molecule has 2 heterocycles. The number of aromatic nitrogens is 3. The highest BCUT2D eigenvalue weighted by Crippen LogP contribution is 2.44. The van der Waals surface area contributed by atoms with Crippen molar-refractivity contribution in [1.29, 1.82) is 0 Å². The van der Waals surface area contributed by atoms with Gasteiger partial charge in [-0.2, -0.15) is 10.1 Å². The predicted octanol–water partition coefficient (Wildman–Crippen LogP) is 3.41. The second-order valence-electron chi connectivity index (χ2n) is 8.02. The Morgan fingerprint density at radius 2 is 1.79 bits per heavy atom. The number of hydrogen-bond acceptors (Lipinski definition) is 7. The standard InChI is InChI=1S/C24H22N4O5/c1-32-19-8-7-15(11-20(19)33-2)16-9-17-21(18(29)10-16)22(28-24(27-17)25-12-26-28)13-3-5-14(6-4-13)23(30)31/h3-8,11-12,16,22H,9-10H2,1-2H3,(H,30,31)(H,25,26,27)/t16-,22-/m0/s1. The van der Waals surface area contributed by atoms with Gasteiger partial charge in [0.05, 0.1) is 19.8 Å². The fraction of sp³-hybridized carbons (Fsp3) is 0.250. The summed E-state index contributed by atoms with van der Waals surface area (Å²) in [6, 6.07) is 11.8. The van der Waals surface area contributed by atoms with Crippen LogP contribution in [0.25, 0.3) is 0 Å². The van der Waals surface area contributed by atoms with Crippen LogP contribution in [0.3, 0.4) is 0 Å². The number of carboxylic acids is 1. The average Bonchev–Trinajstić information content (AvgIpc) is 3.30. The topological polar surface area (TPSA) is 116 Å². The van der Waals surface area contributed by atoms with Crippen molar-refractivity contribution in [3.8, 4) is 11.5 Å². The molecule has 2 N–H and O–H groups in total. The Morgan fingerprint density at radius 3 is 2.48 bits per heavy atom. The van der Waals surface area contributed by atoms with Gasteiger partial charge in [-0.15, -0.1) is 0 Å². The lowest BCUT2D eigenvalue weighted by atomic mass is 9.78. The van der Waals surface area contributed by atoms with Gasteiger partial charge in [0.25, 0.3) is 0 Å². The summed E-state index contributed by atoms with van der Waals surface area (Å²) in [6.07, 6.45) is 2.40. The Labute approximate surface area is 189 Å². The molecule has 0 saturated carbocycles. The molecule has 1 aliphatic carbocycles. The Hall–Kier alpha value is -4.14. The molecule has 1 aromatic heterocycles. The van der Waals surface area contributed by atoms with Gasteiger partial charge in [0.1, 0.15) is 12.4 Å². The zero-order chi connectivity index (χ0) is 23.1. The minimum atomic E-state index is -1.00. The molecule has 0 amide bonds. The van der Waals surface area contributed by atoms with E-state index in [2.05, 4.69) is 15.4 Å². The first-order chi connectivity index (χ1) is 16.0. The zero-order valence-corrected chi connectivity index (χ0v) is 18.1. The van der Waals surface area contributed by atoms with E-state index in [1.165, 1.54) is 18.5 Å². The number of allylic oxidation sites excluding steroid dienone is 2. The summed E-state index contributed by atoms with van der Waals surface area (Å²) in [5.41, 5.74) is 3.39. The lowest BCUT2D eigenvalue weighted by molar-refractivity contribution is -0.116. The van der Waals surface area contributed by atoms with Crippen LogP contribution in [0.1, 0.15) is 46.3 Å². The summed E-state index contributed by atoms with van der Waals surface area (Å²) in [6.45, 7) is 0. The number of anilines is 1. The summed E-state index contributed by atoms with van der Waals surface area (Å²) in [5, 5.41) is 16.8. The maximum absolute atomic E-state index is 13.5. The van der Waals surface area contributed by atoms with Crippen molar-refractivity contribution < 1.29 is 24.2 Å². The maximum Gasteiger partial charge on any atom is 0.335 e.